The van der Waals surface area contributed by atoms with Crippen LogP contribution in [0.2, 0.25) is 0 Å². The van der Waals surface area contributed by atoms with E-state index in [2.05, 4.69) is 6.07 Å². The normalized spacial score (nSPS) is 25.2. The van der Waals surface area contributed by atoms with Crippen molar-refractivity contribution in [3.63, 3.8) is 0 Å². The Morgan fingerprint density at radius 2 is 2.04 bits per heavy atom. The van der Waals surface area contributed by atoms with E-state index in [-0.39, 0.29) is 30.0 Å². The van der Waals surface area contributed by atoms with Gasteiger partial charge in [0.05, 0.1) is 5.92 Å². The number of benzene rings is 1. The molecule has 6 heteroatoms. The summed E-state index contributed by atoms with van der Waals surface area (Å²) in [6, 6.07) is 7.53. The SMILES string of the molecule is C[C@@H]1CC(=O)C2=C(C1)OC(N)=C(C#N)[C@H]2c1ccc2c(c1)OCO2. The second-order valence-corrected chi connectivity index (χ2v) is 6.31. The van der Waals surface area contributed by atoms with E-state index in [4.69, 9.17) is 19.9 Å². The molecule has 0 aromatic heterocycles. The van der Waals surface area contributed by atoms with E-state index in [9.17, 15) is 10.1 Å². The van der Waals surface area contributed by atoms with Crippen molar-refractivity contribution >= 4 is 5.78 Å². The molecule has 2 heterocycles. The first kappa shape index (κ1) is 14.6. The Kier molecular flexibility index (Phi) is 3.24. The van der Waals surface area contributed by atoms with Gasteiger partial charge in [0.25, 0.3) is 0 Å². The maximum absolute atomic E-state index is 12.7. The van der Waals surface area contributed by atoms with Crippen molar-refractivity contribution in [2.45, 2.75) is 25.7 Å². The van der Waals surface area contributed by atoms with Crippen molar-refractivity contribution < 1.29 is 19.0 Å². The lowest BCUT2D eigenvalue weighted by Crippen LogP contribution is -2.29. The number of nitrogens with zero attached hydrogens (tertiary/aromatic N) is 1. The largest absolute Gasteiger partial charge is 0.454 e. The molecule has 24 heavy (non-hydrogen) atoms. The number of ether oxygens (including phenoxy) is 3. The first-order valence-electron chi connectivity index (χ1n) is 7.82. The van der Waals surface area contributed by atoms with Gasteiger partial charge in [-0.3, -0.25) is 4.79 Å². The summed E-state index contributed by atoms with van der Waals surface area (Å²) >= 11 is 0. The van der Waals surface area contributed by atoms with Crippen LogP contribution in [0.1, 0.15) is 31.2 Å². The van der Waals surface area contributed by atoms with Crippen LogP contribution in [0.25, 0.3) is 0 Å². The van der Waals surface area contributed by atoms with Crippen LogP contribution in [0.4, 0.5) is 0 Å². The standard InChI is InChI=1S/C18H16N2O4/c1-9-4-12(21)17-15(5-9)24-18(20)11(7-19)16(17)10-2-3-13-14(6-10)23-8-22-13/h2-3,6,9,16H,4-5,8,20H2,1H3/t9-,16-/m1/s1. The Hall–Kier alpha value is -2.94. The molecule has 3 aliphatic rings. The maximum atomic E-state index is 12.7. The molecule has 6 nitrogen and oxygen atoms in total. The zero-order valence-electron chi connectivity index (χ0n) is 13.2. The molecule has 0 fully saturated rings. The van der Waals surface area contributed by atoms with Crippen molar-refractivity contribution in [1.82, 2.24) is 0 Å². The highest BCUT2D eigenvalue weighted by molar-refractivity contribution is 5.99. The van der Waals surface area contributed by atoms with Crippen LogP contribution < -0.4 is 15.2 Å². The summed E-state index contributed by atoms with van der Waals surface area (Å²) in [4.78, 5) is 12.7. The Labute approximate surface area is 139 Å². The highest BCUT2D eigenvalue weighted by atomic mass is 16.7. The van der Waals surface area contributed by atoms with Crippen molar-refractivity contribution in [3.05, 3.63) is 46.6 Å². The van der Waals surface area contributed by atoms with Crippen LogP contribution in [-0.2, 0) is 9.53 Å². The Balaban J connectivity index is 1.87. The summed E-state index contributed by atoms with van der Waals surface area (Å²) < 4.78 is 16.4. The van der Waals surface area contributed by atoms with Gasteiger partial charge in [-0.25, -0.2) is 0 Å². The fourth-order valence-electron chi connectivity index (χ4n) is 3.52. The summed E-state index contributed by atoms with van der Waals surface area (Å²) in [6.45, 7) is 2.17. The van der Waals surface area contributed by atoms with Gasteiger partial charge in [-0.2, -0.15) is 5.26 Å². The summed E-state index contributed by atoms with van der Waals surface area (Å²) in [7, 11) is 0. The predicted octanol–water partition coefficient (Wildman–Crippen LogP) is 2.48. The Bertz CT molecular complexity index is 847. The third-order valence-electron chi connectivity index (χ3n) is 4.59. The third kappa shape index (κ3) is 2.13. The molecule has 2 aliphatic heterocycles. The smallest absolute Gasteiger partial charge is 0.231 e. The third-order valence-corrected chi connectivity index (χ3v) is 4.59. The lowest BCUT2D eigenvalue weighted by molar-refractivity contribution is -0.117. The molecule has 122 valence electrons. The van der Waals surface area contributed by atoms with Crippen LogP contribution in [0, 0.1) is 17.2 Å². The molecule has 0 unspecified atom stereocenters. The molecule has 0 saturated carbocycles. The number of nitrogens with two attached hydrogens (primary N) is 1. The lowest BCUT2D eigenvalue weighted by atomic mass is 9.75. The number of carbonyl (C=O) groups excluding carboxylic acids is 1. The van der Waals surface area contributed by atoms with Gasteiger partial charge < -0.3 is 19.9 Å². The van der Waals surface area contributed by atoms with E-state index in [1.54, 1.807) is 12.1 Å². The summed E-state index contributed by atoms with van der Waals surface area (Å²) in [5.41, 5.74) is 7.54. The molecule has 1 aromatic carbocycles. The molecule has 0 bridgehead atoms. The molecule has 2 N–H and O–H groups in total. The average Bonchev–Trinajstić information content (AvgIpc) is 3.00. The average molecular weight is 324 g/mol. The van der Waals surface area contributed by atoms with E-state index >= 15 is 0 Å². The highest BCUT2D eigenvalue weighted by Crippen LogP contribution is 2.46. The predicted molar refractivity (Wildman–Crippen MR) is 83.6 cm³/mol. The summed E-state index contributed by atoms with van der Waals surface area (Å²) in [5, 5.41) is 9.56. The number of Topliss-reactive ketones (excluding diaryl/α,β-unsaturated/α-hetero) is 1. The van der Waals surface area contributed by atoms with Gasteiger partial charge in [-0.1, -0.05) is 13.0 Å². The van der Waals surface area contributed by atoms with E-state index in [0.717, 1.165) is 5.56 Å². The number of rotatable bonds is 1. The molecule has 0 saturated heterocycles. The summed E-state index contributed by atoms with van der Waals surface area (Å²) in [5.74, 6) is 1.59. The van der Waals surface area contributed by atoms with Gasteiger partial charge in [0.2, 0.25) is 12.7 Å². The molecule has 2 atom stereocenters. The van der Waals surface area contributed by atoms with Crippen molar-refractivity contribution in [3.8, 4) is 17.6 Å². The molecule has 0 amide bonds. The van der Waals surface area contributed by atoms with Crippen LogP contribution in [0.15, 0.2) is 41.0 Å². The van der Waals surface area contributed by atoms with Crippen molar-refractivity contribution in [2.24, 2.45) is 11.7 Å². The van der Waals surface area contributed by atoms with Crippen LogP contribution in [0.3, 0.4) is 0 Å². The number of ketones is 1. The van der Waals surface area contributed by atoms with Crippen LogP contribution in [-0.4, -0.2) is 12.6 Å². The minimum absolute atomic E-state index is 0.00617. The molecular weight excluding hydrogens is 308 g/mol. The Morgan fingerprint density at radius 3 is 2.83 bits per heavy atom. The molecule has 4 rings (SSSR count). The molecular formula is C18H16N2O4. The second kappa shape index (κ2) is 5.31. The molecule has 1 aliphatic carbocycles. The van der Waals surface area contributed by atoms with Gasteiger partial charge in [-0.15, -0.1) is 0 Å². The molecule has 0 spiro atoms. The zero-order valence-corrected chi connectivity index (χ0v) is 13.2. The minimum Gasteiger partial charge on any atom is -0.454 e. The van der Waals surface area contributed by atoms with Gasteiger partial charge in [-0.05, 0) is 23.6 Å². The first-order chi connectivity index (χ1) is 11.6. The Morgan fingerprint density at radius 1 is 1.25 bits per heavy atom. The zero-order chi connectivity index (χ0) is 16.8. The fraction of sp³-hybridized carbons (Fsp3) is 0.333. The van der Waals surface area contributed by atoms with Crippen LogP contribution in [0.5, 0.6) is 11.5 Å². The van der Waals surface area contributed by atoms with Crippen molar-refractivity contribution in [2.75, 3.05) is 6.79 Å². The molecule has 0 radical (unpaired) electrons. The minimum atomic E-state index is -0.520. The number of nitriles is 1. The summed E-state index contributed by atoms with van der Waals surface area (Å²) in [6.07, 6.45) is 1.09. The maximum Gasteiger partial charge on any atom is 0.231 e. The number of carbonyl (C=O) groups is 1. The second-order valence-electron chi connectivity index (χ2n) is 6.31. The van der Waals surface area contributed by atoms with E-state index in [1.165, 1.54) is 0 Å². The number of hydrogen-bond donors (Lipinski definition) is 1. The van der Waals surface area contributed by atoms with Gasteiger partial charge >= 0.3 is 0 Å². The van der Waals surface area contributed by atoms with Gasteiger partial charge in [0.1, 0.15) is 17.4 Å². The van der Waals surface area contributed by atoms with Crippen LogP contribution >= 0.6 is 0 Å². The number of hydrogen-bond acceptors (Lipinski definition) is 6. The monoisotopic (exact) mass is 324 g/mol. The van der Waals surface area contributed by atoms with E-state index in [0.29, 0.717) is 35.7 Å². The number of fused-ring (bicyclic) bond motifs is 1. The van der Waals surface area contributed by atoms with Crippen molar-refractivity contribution in [1.29, 1.82) is 5.26 Å². The first-order valence-corrected chi connectivity index (χ1v) is 7.82. The highest BCUT2D eigenvalue weighted by Gasteiger charge is 2.40. The molecule has 1 aromatic rings. The quantitative estimate of drug-likeness (QED) is 0.853. The van der Waals surface area contributed by atoms with Gasteiger partial charge in [0, 0.05) is 18.4 Å². The number of allylic oxidation sites excluding steroid dienone is 3. The van der Waals surface area contributed by atoms with E-state index < -0.39 is 5.92 Å². The van der Waals surface area contributed by atoms with Gasteiger partial charge in [0.15, 0.2) is 17.3 Å². The van der Waals surface area contributed by atoms with E-state index in [1.807, 2.05) is 13.0 Å². The lowest BCUT2D eigenvalue weighted by Gasteiger charge is -2.33. The topological polar surface area (TPSA) is 94.6 Å². The fourth-order valence-corrected chi connectivity index (χ4v) is 3.52.